The molecule has 1 aliphatic heterocycles. The van der Waals surface area contributed by atoms with Crippen molar-refractivity contribution in [3.05, 3.63) is 0 Å². The monoisotopic (exact) mass is 210 g/mol. The maximum Gasteiger partial charge on any atom is 0.0286 e. The van der Waals surface area contributed by atoms with Gasteiger partial charge in [0.15, 0.2) is 0 Å². The van der Waals surface area contributed by atoms with Crippen LogP contribution in [0.3, 0.4) is 0 Å². The summed E-state index contributed by atoms with van der Waals surface area (Å²) < 4.78 is 0. The third-order valence-electron chi connectivity index (χ3n) is 4.11. The highest BCUT2D eigenvalue weighted by Gasteiger charge is 2.45. The molecule has 15 heavy (non-hydrogen) atoms. The molecule has 1 aliphatic carbocycles. The van der Waals surface area contributed by atoms with Crippen molar-refractivity contribution in [3.8, 4) is 0 Å². The molecule has 1 saturated carbocycles. The fourth-order valence-corrected chi connectivity index (χ4v) is 3.81. The predicted molar refractivity (Wildman–Crippen MR) is 65.1 cm³/mol. The first-order valence-corrected chi connectivity index (χ1v) is 6.44. The highest BCUT2D eigenvalue weighted by Crippen LogP contribution is 2.36. The summed E-state index contributed by atoms with van der Waals surface area (Å²) in [5.41, 5.74) is 0.632. The van der Waals surface area contributed by atoms with Crippen LogP contribution in [0.25, 0.3) is 0 Å². The summed E-state index contributed by atoms with van der Waals surface area (Å²) in [5.74, 6) is 0. The number of hydrogen-bond acceptors (Lipinski definition) is 2. The van der Waals surface area contributed by atoms with Gasteiger partial charge in [-0.1, -0.05) is 12.8 Å². The molecule has 0 aromatic carbocycles. The smallest absolute Gasteiger partial charge is 0.0286 e. The summed E-state index contributed by atoms with van der Waals surface area (Å²) in [6.07, 6.45) is 5.68. The fraction of sp³-hybridized carbons (Fsp3) is 1.00. The van der Waals surface area contributed by atoms with E-state index in [1.807, 2.05) is 0 Å². The molecule has 1 N–H and O–H groups in total. The van der Waals surface area contributed by atoms with Crippen LogP contribution in [0, 0.1) is 0 Å². The molecule has 2 nitrogen and oxygen atoms in total. The number of nitrogens with one attached hydrogen (secondary N) is 1. The molecule has 0 radical (unpaired) electrons. The Balaban J connectivity index is 2.21. The Hall–Kier alpha value is -0.0800. The Kier molecular flexibility index (Phi) is 2.85. The first-order chi connectivity index (χ1) is 6.93. The molecule has 2 heteroatoms. The lowest BCUT2D eigenvalue weighted by Gasteiger charge is -2.56. The van der Waals surface area contributed by atoms with Gasteiger partial charge in [0, 0.05) is 30.2 Å². The summed E-state index contributed by atoms with van der Waals surface area (Å²) in [7, 11) is 0. The number of rotatable bonds is 1. The van der Waals surface area contributed by atoms with Crippen LogP contribution < -0.4 is 5.32 Å². The summed E-state index contributed by atoms with van der Waals surface area (Å²) in [6.45, 7) is 11.8. The normalized spacial score (nSPS) is 32.0. The molecular weight excluding hydrogens is 184 g/mol. The Labute approximate surface area is 94.4 Å². The second-order valence-electron chi connectivity index (χ2n) is 6.54. The van der Waals surface area contributed by atoms with Crippen molar-refractivity contribution in [2.45, 2.75) is 70.5 Å². The minimum Gasteiger partial charge on any atom is -0.313 e. The average molecular weight is 210 g/mol. The van der Waals surface area contributed by atoms with Gasteiger partial charge in [-0.25, -0.2) is 0 Å². The lowest BCUT2D eigenvalue weighted by atomic mass is 9.86. The van der Waals surface area contributed by atoms with Crippen molar-refractivity contribution in [2.75, 3.05) is 13.1 Å². The van der Waals surface area contributed by atoms with E-state index in [4.69, 9.17) is 0 Å². The molecule has 2 rings (SSSR count). The van der Waals surface area contributed by atoms with Gasteiger partial charge in [-0.2, -0.15) is 0 Å². The van der Waals surface area contributed by atoms with E-state index in [2.05, 4.69) is 37.9 Å². The molecule has 0 atom stereocenters. The summed E-state index contributed by atoms with van der Waals surface area (Å²) >= 11 is 0. The lowest BCUT2D eigenvalue weighted by Crippen LogP contribution is -2.69. The van der Waals surface area contributed by atoms with Crippen LogP contribution in [-0.2, 0) is 0 Å². The molecule has 2 fully saturated rings. The van der Waals surface area contributed by atoms with E-state index in [1.54, 1.807) is 0 Å². The lowest BCUT2D eigenvalue weighted by molar-refractivity contribution is -0.0468. The molecule has 0 spiro atoms. The van der Waals surface area contributed by atoms with Crippen molar-refractivity contribution in [1.29, 1.82) is 0 Å². The third kappa shape index (κ3) is 2.07. The van der Waals surface area contributed by atoms with E-state index in [1.165, 1.54) is 25.7 Å². The van der Waals surface area contributed by atoms with Gasteiger partial charge in [-0.3, -0.25) is 4.90 Å². The Morgan fingerprint density at radius 2 is 1.40 bits per heavy atom. The van der Waals surface area contributed by atoms with Gasteiger partial charge in [-0.15, -0.1) is 0 Å². The zero-order valence-electron chi connectivity index (χ0n) is 10.8. The molecule has 1 saturated heterocycles. The zero-order valence-corrected chi connectivity index (χ0v) is 10.8. The summed E-state index contributed by atoms with van der Waals surface area (Å²) in [4.78, 5) is 2.80. The van der Waals surface area contributed by atoms with Gasteiger partial charge in [-0.05, 0) is 40.5 Å². The zero-order chi connectivity index (χ0) is 11.1. The second kappa shape index (κ2) is 3.74. The van der Waals surface area contributed by atoms with Crippen molar-refractivity contribution >= 4 is 0 Å². The molecule has 0 aromatic rings. The van der Waals surface area contributed by atoms with E-state index in [0.717, 1.165) is 19.1 Å². The molecule has 0 aromatic heterocycles. The Bertz CT molecular complexity index is 211. The van der Waals surface area contributed by atoms with Crippen molar-refractivity contribution in [2.24, 2.45) is 0 Å². The van der Waals surface area contributed by atoms with Crippen LogP contribution >= 0.6 is 0 Å². The van der Waals surface area contributed by atoms with E-state index >= 15 is 0 Å². The molecule has 2 aliphatic rings. The molecule has 0 bridgehead atoms. The average Bonchev–Trinajstić information content (AvgIpc) is 2.53. The SMILES string of the molecule is CC1(C)CNCC(C)(C)N1C1CCCC1. The minimum atomic E-state index is 0.316. The van der Waals surface area contributed by atoms with E-state index in [0.29, 0.717) is 11.1 Å². The number of hydrogen-bond donors (Lipinski definition) is 1. The van der Waals surface area contributed by atoms with Crippen molar-refractivity contribution in [3.63, 3.8) is 0 Å². The highest BCUT2D eigenvalue weighted by molar-refractivity contribution is 5.03. The van der Waals surface area contributed by atoms with Gasteiger partial charge < -0.3 is 5.32 Å². The second-order valence-corrected chi connectivity index (χ2v) is 6.54. The first kappa shape index (κ1) is 11.4. The maximum atomic E-state index is 3.58. The number of piperazine rings is 1. The molecule has 88 valence electrons. The fourth-order valence-electron chi connectivity index (χ4n) is 3.81. The van der Waals surface area contributed by atoms with E-state index in [9.17, 15) is 0 Å². The van der Waals surface area contributed by atoms with Gasteiger partial charge in [0.25, 0.3) is 0 Å². The van der Waals surface area contributed by atoms with Crippen molar-refractivity contribution in [1.82, 2.24) is 10.2 Å². The summed E-state index contributed by atoms with van der Waals surface area (Å²) in [6, 6.07) is 0.831. The summed E-state index contributed by atoms with van der Waals surface area (Å²) in [5, 5.41) is 3.58. The van der Waals surface area contributed by atoms with Gasteiger partial charge >= 0.3 is 0 Å². The number of nitrogens with zero attached hydrogens (tertiary/aromatic N) is 1. The molecule has 1 heterocycles. The van der Waals surface area contributed by atoms with E-state index in [-0.39, 0.29) is 0 Å². The van der Waals surface area contributed by atoms with Gasteiger partial charge in [0.2, 0.25) is 0 Å². The van der Waals surface area contributed by atoms with Crippen LogP contribution in [0.4, 0.5) is 0 Å². The first-order valence-electron chi connectivity index (χ1n) is 6.44. The van der Waals surface area contributed by atoms with Crippen molar-refractivity contribution < 1.29 is 0 Å². The largest absolute Gasteiger partial charge is 0.313 e. The quantitative estimate of drug-likeness (QED) is 0.715. The third-order valence-corrected chi connectivity index (χ3v) is 4.11. The van der Waals surface area contributed by atoms with Crippen LogP contribution in [0.15, 0.2) is 0 Å². The standard InChI is InChI=1S/C13H26N2/c1-12(2)9-14-10-13(3,4)15(12)11-7-5-6-8-11/h11,14H,5-10H2,1-4H3. The maximum absolute atomic E-state index is 3.58. The van der Waals surface area contributed by atoms with Crippen LogP contribution in [0.5, 0.6) is 0 Å². The predicted octanol–water partition coefficient (Wildman–Crippen LogP) is 2.39. The highest BCUT2D eigenvalue weighted by atomic mass is 15.3. The van der Waals surface area contributed by atoms with E-state index < -0.39 is 0 Å². The topological polar surface area (TPSA) is 15.3 Å². The molecule has 0 unspecified atom stereocenters. The minimum absolute atomic E-state index is 0.316. The molecule has 0 amide bonds. The molecular formula is C13H26N2. The Morgan fingerprint density at radius 3 is 1.87 bits per heavy atom. The Morgan fingerprint density at radius 1 is 0.933 bits per heavy atom. The van der Waals surface area contributed by atoms with Crippen LogP contribution in [0.1, 0.15) is 53.4 Å². The van der Waals surface area contributed by atoms with Gasteiger partial charge in [0.1, 0.15) is 0 Å². The van der Waals surface area contributed by atoms with Crippen LogP contribution in [-0.4, -0.2) is 35.1 Å². The van der Waals surface area contributed by atoms with Gasteiger partial charge in [0.05, 0.1) is 0 Å². The van der Waals surface area contributed by atoms with Crippen LogP contribution in [0.2, 0.25) is 0 Å².